The number of carbonyl (C=O) groups is 2. The molecule has 37 heavy (non-hydrogen) atoms. The molecule has 2 aromatic rings. The smallest absolute Gasteiger partial charge is 0.238 e. The minimum absolute atomic E-state index is 0.110. The number of amides is 2. The van der Waals surface area contributed by atoms with E-state index in [2.05, 4.69) is 22.0 Å². The number of piperidine rings is 2. The van der Waals surface area contributed by atoms with Gasteiger partial charge in [-0.1, -0.05) is 18.2 Å². The summed E-state index contributed by atoms with van der Waals surface area (Å²) >= 11 is 0. The summed E-state index contributed by atoms with van der Waals surface area (Å²) in [5.41, 5.74) is 3.92. The summed E-state index contributed by atoms with van der Waals surface area (Å²) in [7, 11) is 0. The molecule has 2 aromatic carbocycles. The highest BCUT2D eigenvalue weighted by atomic mass is 19.1. The van der Waals surface area contributed by atoms with Crippen LogP contribution in [0, 0.1) is 23.1 Å². The first-order valence-electron chi connectivity index (χ1n) is 13.4. The number of benzene rings is 2. The molecular formula is C29H32FN5O2. The second-order valence-corrected chi connectivity index (χ2v) is 10.9. The Labute approximate surface area is 216 Å². The molecule has 3 N–H and O–H groups in total. The summed E-state index contributed by atoms with van der Waals surface area (Å²) in [5, 5.41) is 19.1. The first-order chi connectivity index (χ1) is 18.0. The lowest BCUT2D eigenvalue weighted by atomic mass is 9.97. The van der Waals surface area contributed by atoms with Crippen LogP contribution in [0.15, 0.2) is 36.4 Å². The molecule has 0 radical (unpaired) electrons. The lowest BCUT2D eigenvalue weighted by molar-refractivity contribution is -0.124. The number of nitrogens with one attached hydrogen (secondary N) is 3. The van der Waals surface area contributed by atoms with Crippen molar-refractivity contribution in [3.05, 3.63) is 53.3 Å². The number of fused-ring (bicyclic) bond motifs is 3. The second-order valence-electron chi connectivity index (χ2n) is 10.9. The fraction of sp³-hybridized carbons (Fsp3) is 0.483. The largest absolute Gasteiger partial charge is 0.339 e. The highest BCUT2D eigenvalue weighted by Crippen LogP contribution is 2.37. The number of halogens is 1. The quantitative estimate of drug-likeness (QED) is 0.566. The van der Waals surface area contributed by atoms with Gasteiger partial charge in [0.05, 0.1) is 18.5 Å². The van der Waals surface area contributed by atoms with Gasteiger partial charge in [0.15, 0.2) is 0 Å². The Morgan fingerprint density at radius 1 is 1.14 bits per heavy atom. The highest BCUT2D eigenvalue weighted by molar-refractivity contribution is 6.02. The molecule has 3 aliphatic heterocycles. The van der Waals surface area contributed by atoms with Crippen LogP contribution < -0.4 is 20.9 Å². The third kappa shape index (κ3) is 4.62. The van der Waals surface area contributed by atoms with Crippen LogP contribution in [0.4, 0.5) is 10.1 Å². The number of carbonyl (C=O) groups excluding carboxylic acids is 2. The molecule has 4 unspecified atom stereocenters. The highest BCUT2D eigenvalue weighted by Gasteiger charge is 2.43. The molecule has 0 spiro atoms. The van der Waals surface area contributed by atoms with Crippen molar-refractivity contribution < 1.29 is 14.0 Å². The summed E-state index contributed by atoms with van der Waals surface area (Å²) in [6.07, 6.45) is 5.52. The maximum Gasteiger partial charge on any atom is 0.238 e. The van der Waals surface area contributed by atoms with E-state index < -0.39 is 11.9 Å². The van der Waals surface area contributed by atoms with Gasteiger partial charge in [-0.3, -0.25) is 9.59 Å². The van der Waals surface area contributed by atoms with Crippen molar-refractivity contribution in [1.82, 2.24) is 16.0 Å². The molecule has 4 atom stereocenters. The van der Waals surface area contributed by atoms with Gasteiger partial charge in [0.1, 0.15) is 11.9 Å². The fourth-order valence-corrected chi connectivity index (χ4v) is 6.64. The van der Waals surface area contributed by atoms with Crippen molar-refractivity contribution in [2.75, 3.05) is 18.0 Å². The van der Waals surface area contributed by atoms with E-state index in [4.69, 9.17) is 0 Å². The summed E-state index contributed by atoms with van der Waals surface area (Å²) in [4.78, 5) is 27.5. The van der Waals surface area contributed by atoms with E-state index in [1.54, 1.807) is 6.07 Å². The molecule has 2 bridgehead atoms. The number of hydrogen-bond acceptors (Lipinski definition) is 5. The van der Waals surface area contributed by atoms with Gasteiger partial charge in [-0.25, -0.2) is 4.39 Å². The van der Waals surface area contributed by atoms with E-state index in [-0.39, 0.29) is 30.3 Å². The molecule has 8 heteroatoms. The SMILES string of the molecule is N#CC(Cc1ccc(-c2ccc3c(c2)CC(=O)N3C2CCNCC2)cc1F)NC(=O)C1NC2CCC1C2. The molecular weight excluding hydrogens is 469 g/mol. The molecule has 2 amide bonds. The monoisotopic (exact) mass is 501 g/mol. The Morgan fingerprint density at radius 2 is 1.92 bits per heavy atom. The molecule has 4 aliphatic rings. The molecule has 192 valence electrons. The predicted molar refractivity (Wildman–Crippen MR) is 138 cm³/mol. The van der Waals surface area contributed by atoms with E-state index in [0.717, 1.165) is 67.6 Å². The maximum absolute atomic E-state index is 15.1. The molecule has 3 heterocycles. The van der Waals surface area contributed by atoms with Gasteiger partial charge in [-0.05, 0) is 91.6 Å². The van der Waals surface area contributed by atoms with E-state index in [1.165, 1.54) is 6.07 Å². The van der Waals surface area contributed by atoms with E-state index >= 15 is 4.39 Å². The van der Waals surface area contributed by atoms with Crippen LogP contribution in [0.3, 0.4) is 0 Å². The average molecular weight is 502 g/mol. The molecule has 6 rings (SSSR count). The standard InChI is InChI=1S/C29H32FN5O2/c30-25-14-18(17-4-6-26-21(11-17)15-27(36)35(26)24-7-9-32-10-8-24)1-2-19(25)12-23(16-31)34-29(37)28-20-3-5-22(13-20)33-28/h1-2,4,6,11,14,20,22-24,28,32-33H,3,5,7-10,12-13,15H2,(H,34,37). The van der Waals surface area contributed by atoms with Gasteiger partial charge in [-0.2, -0.15) is 5.26 Å². The van der Waals surface area contributed by atoms with Crippen molar-refractivity contribution >= 4 is 17.5 Å². The maximum atomic E-state index is 15.1. The van der Waals surface area contributed by atoms with Crippen LogP contribution in [-0.2, 0) is 22.4 Å². The van der Waals surface area contributed by atoms with Gasteiger partial charge in [0, 0.05) is 24.2 Å². The topological polar surface area (TPSA) is 97.3 Å². The Bertz CT molecular complexity index is 1270. The van der Waals surface area contributed by atoms with Crippen molar-refractivity contribution in [2.45, 2.75) is 69.1 Å². The molecule has 1 aliphatic carbocycles. The number of anilines is 1. The van der Waals surface area contributed by atoms with Gasteiger partial charge < -0.3 is 20.9 Å². The van der Waals surface area contributed by atoms with Crippen LogP contribution in [0.1, 0.15) is 43.2 Å². The third-order valence-corrected chi connectivity index (χ3v) is 8.55. The molecule has 1 saturated carbocycles. The predicted octanol–water partition coefficient (Wildman–Crippen LogP) is 2.83. The van der Waals surface area contributed by atoms with Crippen molar-refractivity contribution in [1.29, 1.82) is 5.26 Å². The van der Waals surface area contributed by atoms with Gasteiger partial charge in [0.2, 0.25) is 11.8 Å². The Morgan fingerprint density at radius 3 is 2.62 bits per heavy atom. The van der Waals surface area contributed by atoms with Crippen molar-refractivity contribution in [2.24, 2.45) is 5.92 Å². The summed E-state index contributed by atoms with van der Waals surface area (Å²) in [5.74, 6) is -0.111. The van der Waals surface area contributed by atoms with E-state index in [1.807, 2.05) is 29.2 Å². The van der Waals surface area contributed by atoms with Gasteiger partial charge in [-0.15, -0.1) is 0 Å². The third-order valence-electron chi connectivity index (χ3n) is 8.55. The number of nitriles is 1. The number of rotatable bonds is 6. The zero-order chi connectivity index (χ0) is 25.5. The molecule has 7 nitrogen and oxygen atoms in total. The lowest BCUT2D eigenvalue weighted by Crippen LogP contribution is -2.50. The summed E-state index contributed by atoms with van der Waals surface area (Å²) in [6, 6.07) is 12.6. The van der Waals surface area contributed by atoms with Gasteiger partial charge >= 0.3 is 0 Å². The van der Waals surface area contributed by atoms with Crippen molar-refractivity contribution in [3.8, 4) is 17.2 Å². The fourth-order valence-electron chi connectivity index (χ4n) is 6.64. The van der Waals surface area contributed by atoms with Crippen LogP contribution >= 0.6 is 0 Å². The second kappa shape index (κ2) is 9.88. The normalized spacial score (nSPS) is 25.7. The first-order valence-corrected chi connectivity index (χ1v) is 13.4. The van der Waals surface area contributed by atoms with E-state index in [9.17, 15) is 14.9 Å². The number of hydrogen-bond donors (Lipinski definition) is 3. The molecule has 2 saturated heterocycles. The molecule has 3 fully saturated rings. The van der Waals surface area contributed by atoms with E-state index in [0.29, 0.717) is 23.9 Å². The summed E-state index contributed by atoms with van der Waals surface area (Å²) in [6.45, 7) is 1.84. The first kappa shape index (κ1) is 24.1. The number of nitrogens with zero attached hydrogens (tertiary/aromatic N) is 2. The van der Waals surface area contributed by atoms with Gasteiger partial charge in [0.25, 0.3) is 0 Å². The van der Waals surface area contributed by atoms with Crippen LogP contribution in [0.5, 0.6) is 0 Å². The minimum atomic E-state index is -0.791. The van der Waals surface area contributed by atoms with Crippen LogP contribution in [0.25, 0.3) is 11.1 Å². The lowest BCUT2D eigenvalue weighted by Gasteiger charge is -2.32. The van der Waals surface area contributed by atoms with Crippen LogP contribution in [0.2, 0.25) is 0 Å². The molecule has 0 aromatic heterocycles. The Balaban J connectivity index is 1.14. The Hall–Kier alpha value is -3.28. The van der Waals surface area contributed by atoms with Crippen molar-refractivity contribution in [3.63, 3.8) is 0 Å². The average Bonchev–Trinajstić information content (AvgIpc) is 3.63. The zero-order valence-electron chi connectivity index (χ0n) is 20.8. The van der Waals surface area contributed by atoms with Crippen LogP contribution in [-0.4, -0.2) is 49.1 Å². The zero-order valence-corrected chi connectivity index (χ0v) is 20.8. The minimum Gasteiger partial charge on any atom is -0.339 e. The Kier molecular flexibility index (Phi) is 6.43. The summed E-state index contributed by atoms with van der Waals surface area (Å²) < 4.78 is 15.1.